The van der Waals surface area contributed by atoms with Crippen LogP contribution < -0.4 is 9.46 Å². The van der Waals surface area contributed by atoms with E-state index in [-0.39, 0.29) is 11.9 Å². The van der Waals surface area contributed by atoms with Gasteiger partial charge in [0.15, 0.2) is 0 Å². The highest BCUT2D eigenvalue weighted by Crippen LogP contribution is 2.31. The van der Waals surface area contributed by atoms with Gasteiger partial charge in [0.05, 0.1) is 7.11 Å². The molecule has 0 bridgehead atoms. The number of nitrogens with zero attached hydrogens (tertiary/aromatic N) is 2. The zero-order valence-electron chi connectivity index (χ0n) is 16.2. The summed E-state index contributed by atoms with van der Waals surface area (Å²) in [4.78, 5) is 15.2. The molecule has 2 aliphatic heterocycles. The SMILES string of the molecule is CCC1CCCCN1C(=O)C1CC(c2ccc(OC)cc2)NS(=O)(=O)N1C. The van der Waals surface area contributed by atoms with Gasteiger partial charge in [-0.1, -0.05) is 19.1 Å². The van der Waals surface area contributed by atoms with Crippen molar-refractivity contribution in [2.24, 2.45) is 0 Å². The fraction of sp³-hybridized carbons (Fsp3) is 0.632. The fourth-order valence-corrected chi connectivity index (χ4v) is 5.32. The molecule has 1 aromatic rings. The molecule has 150 valence electrons. The van der Waals surface area contributed by atoms with Gasteiger partial charge in [-0.3, -0.25) is 4.79 Å². The first-order chi connectivity index (χ1) is 12.9. The summed E-state index contributed by atoms with van der Waals surface area (Å²) in [5.74, 6) is 0.633. The maximum atomic E-state index is 13.3. The Morgan fingerprint density at radius 3 is 2.59 bits per heavy atom. The Kier molecular flexibility index (Phi) is 6.08. The predicted octanol–water partition coefficient (Wildman–Crippen LogP) is 2.07. The van der Waals surface area contributed by atoms with Crippen LogP contribution in [-0.4, -0.2) is 56.3 Å². The Balaban J connectivity index is 1.85. The van der Waals surface area contributed by atoms with E-state index in [1.165, 1.54) is 11.4 Å². The summed E-state index contributed by atoms with van der Waals surface area (Å²) in [6.45, 7) is 2.79. The van der Waals surface area contributed by atoms with Crippen LogP contribution in [0.2, 0.25) is 0 Å². The Morgan fingerprint density at radius 1 is 1.26 bits per heavy atom. The van der Waals surface area contributed by atoms with Gasteiger partial charge in [0.2, 0.25) is 5.91 Å². The van der Waals surface area contributed by atoms with Crippen LogP contribution >= 0.6 is 0 Å². The minimum Gasteiger partial charge on any atom is -0.497 e. The lowest BCUT2D eigenvalue weighted by Crippen LogP contribution is -2.59. The second-order valence-corrected chi connectivity index (χ2v) is 9.07. The summed E-state index contributed by atoms with van der Waals surface area (Å²) in [7, 11) is -0.653. The minimum absolute atomic E-state index is 0.0763. The molecule has 0 spiro atoms. The molecular weight excluding hydrogens is 366 g/mol. The topological polar surface area (TPSA) is 79.0 Å². The molecule has 0 radical (unpaired) electrons. The number of rotatable bonds is 4. The van der Waals surface area contributed by atoms with Crippen molar-refractivity contribution >= 4 is 16.1 Å². The molecule has 27 heavy (non-hydrogen) atoms. The number of carbonyl (C=O) groups is 1. The summed E-state index contributed by atoms with van der Waals surface area (Å²) < 4.78 is 34.4. The largest absolute Gasteiger partial charge is 0.497 e. The van der Waals surface area contributed by atoms with E-state index in [2.05, 4.69) is 11.6 Å². The number of benzene rings is 1. The number of amides is 1. The third kappa shape index (κ3) is 4.12. The van der Waals surface area contributed by atoms with Crippen LogP contribution in [0.5, 0.6) is 5.75 Å². The molecule has 1 N–H and O–H groups in total. The molecule has 0 aliphatic carbocycles. The van der Waals surface area contributed by atoms with E-state index in [0.717, 1.165) is 31.2 Å². The number of carbonyl (C=O) groups excluding carboxylic acids is 1. The molecule has 1 aromatic carbocycles. The maximum Gasteiger partial charge on any atom is 0.280 e. The maximum absolute atomic E-state index is 13.3. The smallest absolute Gasteiger partial charge is 0.280 e. The average Bonchev–Trinajstić information content (AvgIpc) is 2.69. The number of likely N-dealkylation sites (tertiary alicyclic amines) is 1. The first kappa shape index (κ1) is 20.1. The van der Waals surface area contributed by atoms with Crippen LogP contribution in [0.15, 0.2) is 24.3 Å². The van der Waals surface area contributed by atoms with Gasteiger partial charge in [-0.25, -0.2) is 0 Å². The molecule has 2 aliphatic rings. The highest BCUT2D eigenvalue weighted by molar-refractivity contribution is 7.87. The molecule has 3 atom stereocenters. The molecule has 0 saturated carbocycles. The first-order valence-electron chi connectivity index (χ1n) is 9.57. The van der Waals surface area contributed by atoms with Gasteiger partial charge in [-0.15, -0.1) is 0 Å². The molecule has 8 heteroatoms. The average molecular weight is 396 g/mol. The van der Waals surface area contributed by atoms with E-state index in [4.69, 9.17) is 4.74 Å². The normalized spacial score (nSPS) is 28.7. The molecule has 0 aromatic heterocycles. The van der Waals surface area contributed by atoms with Gasteiger partial charge in [-0.05, 0) is 49.8 Å². The van der Waals surface area contributed by atoms with Gasteiger partial charge in [-0.2, -0.15) is 17.4 Å². The number of likely N-dealkylation sites (N-methyl/N-ethyl adjacent to an activating group) is 1. The van der Waals surface area contributed by atoms with E-state index in [9.17, 15) is 13.2 Å². The molecule has 3 rings (SSSR count). The standard InChI is InChI=1S/C19H29N3O4S/c1-4-15-7-5-6-12-22(15)19(23)18-13-17(20-27(24,25)21(18)2)14-8-10-16(26-3)11-9-14/h8-11,15,17-18,20H,4-7,12-13H2,1-3H3. The molecule has 1 amide bonds. The predicted molar refractivity (Wildman–Crippen MR) is 104 cm³/mol. The Labute approximate surface area is 161 Å². The van der Waals surface area contributed by atoms with Crippen molar-refractivity contribution in [1.29, 1.82) is 0 Å². The van der Waals surface area contributed by atoms with Crippen molar-refractivity contribution in [3.05, 3.63) is 29.8 Å². The molecular formula is C19H29N3O4S. The van der Waals surface area contributed by atoms with Crippen molar-refractivity contribution in [3.8, 4) is 5.75 Å². The Hall–Kier alpha value is -1.64. The molecule has 3 unspecified atom stereocenters. The third-order valence-corrected chi connectivity index (χ3v) is 7.35. The number of hydrogen-bond donors (Lipinski definition) is 1. The third-order valence-electron chi connectivity index (χ3n) is 5.75. The Morgan fingerprint density at radius 2 is 1.96 bits per heavy atom. The number of piperidine rings is 1. The highest BCUT2D eigenvalue weighted by Gasteiger charge is 2.43. The summed E-state index contributed by atoms with van der Waals surface area (Å²) in [6.07, 6.45) is 4.40. The first-order valence-corrected chi connectivity index (χ1v) is 11.0. The van der Waals surface area contributed by atoms with Gasteiger partial charge in [0.1, 0.15) is 11.8 Å². The van der Waals surface area contributed by atoms with Crippen molar-refractivity contribution in [2.45, 2.75) is 57.2 Å². The van der Waals surface area contributed by atoms with Crippen molar-refractivity contribution in [2.75, 3.05) is 20.7 Å². The lowest BCUT2D eigenvalue weighted by atomic mass is 9.95. The molecule has 2 fully saturated rings. The zero-order chi connectivity index (χ0) is 19.6. The van der Waals surface area contributed by atoms with Crippen LogP contribution in [0.3, 0.4) is 0 Å². The van der Waals surface area contributed by atoms with Gasteiger partial charge in [0.25, 0.3) is 10.2 Å². The highest BCUT2D eigenvalue weighted by atomic mass is 32.2. The van der Waals surface area contributed by atoms with Crippen molar-refractivity contribution < 1.29 is 17.9 Å². The number of methoxy groups -OCH3 is 1. The summed E-state index contributed by atoms with van der Waals surface area (Å²) in [5.41, 5.74) is 0.830. The van der Waals surface area contributed by atoms with Gasteiger partial charge in [0, 0.05) is 25.7 Å². The summed E-state index contributed by atoms with van der Waals surface area (Å²) in [6, 6.07) is 6.37. The van der Waals surface area contributed by atoms with Crippen LogP contribution in [0, 0.1) is 0 Å². The van der Waals surface area contributed by atoms with Crippen LogP contribution in [-0.2, 0) is 15.0 Å². The van der Waals surface area contributed by atoms with E-state index in [1.807, 2.05) is 17.0 Å². The van der Waals surface area contributed by atoms with E-state index in [1.54, 1.807) is 19.2 Å². The van der Waals surface area contributed by atoms with Crippen LogP contribution in [0.25, 0.3) is 0 Å². The summed E-state index contributed by atoms with van der Waals surface area (Å²) >= 11 is 0. The molecule has 7 nitrogen and oxygen atoms in total. The quantitative estimate of drug-likeness (QED) is 0.846. The second-order valence-electron chi connectivity index (χ2n) is 7.31. The van der Waals surface area contributed by atoms with Gasteiger partial charge < -0.3 is 9.64 Å². The van der Waals surface area contributed by atoms with Gasteiger partial charge >= 0.3 is 0 Å². The van der Waals surface area contributed by atoms with Crippen LogP contribution in [0.1, 0.15) is 50.6 Å². The number of ether oxygens (including phenoxy) is 1. The molecule has 2 saturated heterocycles. The van der Waals surface area contributed by atoms with E-state index >= 15 is 0 Å². The summed E-state index contributed by atoms with van der Waals surface area (Å²) in [5, 5.41) is 0. The van der Waals surface area contributed by atoms with E-state index < -0.39 is 22.3 Å². The second kappa shape index (κ2) is 8.16. The lowest BCUT2D eigenvalue weighted by molar-refractivity contribution is -0.139. The van der Waals surface area contributed by atoms with Crippen molar-refractivity contribution in [1.82, 2.24) is 13.9 Å². The molecule has 2 heterocycles. The number of hydrogen-bond acceptors (Lipinski definition) is 4. The number of nitrogens with one attached hydrogen (secondary N) is 1. The van der Waals surface area contributed by atoms with E-state index in [0.29, 0.717) is 18.7 Å². The minimum atomic E-state index is -3.73. The Bertz CT molecular complexity index is 766. The van der Waals surface area contributed by atoms with Crippen LogP contribution in [0.4, 0.5) is 0 Å². The zero-order valence-corrected chi connectivity index (χ0v) is 17.0. The van der Waals surface area contributed by atoms with Crippen molar-refractivity contribution in [3.63, 3.8) is 0 Å². The fourth-order valence-electron chi connectivity index (χ4n) is 4.05. The lowest BCUT2D eigenvalue weighted by Gasteiger charge is -2.42. The monoisotopic (exact) mass is 395 g/mol.